The SMILES string of the molecule is CC(C)(C)c1ccc(-c2nc3ccccc3n2CCCCOc2ccc(Cl)cc2)cc1. The Morgan fingerprint density at radius 1 is 0.871 bits per heavy atom. The van der Waals surface area contributed by atoms with Gasteiger partial charge in [-0.3, -0.25) is 0 Å². The Morgan fingerprint density at radius 2 is 1.58 bits per heavy atom. The van der Waals surface area contributed by atoms with Crippen LogP contribution in [0.25, 0.3) is 22.4 Å². The Balaban J connectivity index is 1.48. The van der Waals surface area contributed by atoms with Gasteiger partial charge in [-0.25, -0.2) is 4.98 Å². The molecule has 3 aromatic carbocycles. The molecule has 4 aromatic rings. The Morgan fingerprint density at radius 3 is 2.29 bits per heavy atom. The number of benzene rings is 3. The van der Waals surface area contributed by atoms with E-state index in [1.54, 1.807) is 0 Å². The first-order valence-corrected chi connectivity index (χ1v) is 11.2. The normalized spacial score (nSPS) is 11.7. The van der Waals surface area contributed by atoms with Gasteiger partial charge in [0.1, 0.15) is 11.6 Å². The maximum absolute atomic E-state index is 5.93. The van der Waals surface area contributed by atoms with Crippen LogP contribution in [-0.2, 0) is 12.0 Å². The van der Waals surface area contributed by atoms with E-state index in [4.69, 9.17) is 21.3 Å². The minimum absolute atomic E-state index is 0.142. The average Bonchev–Trinajstić information content (AvgIpc) is 3.13. The van der Waals surface area contributed by atoms with E-state index < -0.39 is 0 Å². The number of hydrogen-bond acceptors (Lipinski definition) is 2. The quantitative estimate of drug-likeness (QED) is 0.282. The maximum Gasteiger partial charge on any atom is 0.141 e. The molecule has 0 N–H and O–H groups in total. The van der Waals surface area contributed by atoms with Gasteiger partial charge in [0.15, 0.2) is 0 Å². The highest BCUT2D eigenvalue weighted by Gasteiger charge is 2.16. The lowest BCUT2D eigenvalue weighted by molar-refractivity contribution is 0.303. The fourth-order valence-corrected chi connectivity index (χ4v) is 3.86. The number of para-hydroxylation sites is 2. The number of aromatic nitrogens is 2. The van der Waals surface area contributed by atoms with Crippen molar-refractivity contribution < 1.29 is 4.74 Å². The van der Waals surface area contributed by atoms with Crippen molar-refractivity contribution in [3.8, 4) is 17.1 Å². The highest BCUT2D eigenvalue weighted by Crippen LogP contribution is 2.28. The summed E-state index contributed by atoms with van der Waals surface area (Å²) in [7, 11) is 0. The zero-order valence-corrected chi connectivity index (χ0v) is 19.2. The van der Waals surface area contributed by atoms with Crippen molar-refractivity contribution in [2.75, 3.05) is 6.61 Å². The summed E-state index contributed by atoms with van der Waals surface area (Å²) in [6.45, 7) is 8.31. The van der Waals surface area contributed by atoms with Crippen molar-refractivity contribution in [3.63, 3.8) is 0 Å². The fraction of sp³-hybridized carbons (Fsp3) is 0.296. The van der Waals surface area contributed by atoms with E-state index in [0.717, 1.165) is 47.1 Å². The second kappa shape index (κ2) is 9.15. The third kappa shape index (κ3) is 5.11. The van der Waals surface area contributed by atoms with Crippen molar-refractivity contribution in [1.29, 1.82) is 0 Å². The largest absolute Gasteiger partial charge is 0.494 e. The van der Waals surface area contributed by atoms with Crippen molar-refractivity contribution >= 4 is 22.6 Å². The minimum Gasteiger partial charge on any atom is -0.494 e. The lowest BCUT2D eigenvalue weighted by atomic mass is 9.87. The molecular formula is C27H29ClN2O. The predicted octanol–water partition coefficient (Wildman–Crippen LogP) is 7.51. The van der Waals surface area contributed by atoms with Crippen LogP contribution in [-0.4, -0.2) is 16.2 Å². The van der Waals surface area contributed by atoms with Crippen LogP contribution in [0.1, 0.15) is 39.2 Å². The van der Waals surface area contributed by atoms with Gasteiger partial charge in [-0.1, -0.05) is 68.8 Å². The van der Waals surface area contributed by atoms with E-state index in [2.05, 4.69) is 67.8 Å². The Labute approximate surface area is 189 Å². The van der Waals surface area contributed by atoms with Gasteiger partial charge in [0.25, 0.3) is 0 Å². The highest BCUT2D eigenvalue weighted by atomic mass is 35.5. The van der Waals surface area contributed by atoms with E-state index in [1.807, 2.05) is 30.3 Å². The fourth-order valence-electron chi connectivity index (χ4n) is 3.73. The Bertz CT molecular complexity index is 1140. The van der Waals surface area contributed by atoms with Gasteiger partial charge >= 0.3 is 0 Å². The number of rotatable bonds is 7. The molecule has 0 unspecified atom stereocenters. The standard InChI is InChI=1S/C27H29ClN2O/c1-27(2,3)21-12-10-20(11-13-21)26-29-24-8-4-5-9-25(24)30(26)18-6-7-19-31-23-16-14-22(28)15-17-23/h4-5,8-17H,6-7,18-19H2,1-3H3. The number of halogens is 1. The molecule has 0 bridgehead atoms. The number of imidazole rings is 1. The zero-order chi connectivity index (χ0) is 21.8. The lowest BCUT2D eigenvalue weighted by Gasteiger charge is -2.19. The maximum atomic E-state index is 5.93. The molecule has 0 saturated carbocycles. The number of ether oxygens (including phenoxy) is 1. The van der Waals surface area contributed by atoms with Gasteiger partial charge in [0, 0.05) is 17.1 Å². The number of fused-ring (bicyclic) bond motifs is 1. The summed E-state index contributed by atoms with van der Waals surface area (Å²) in [5.74, 6) is 1.89. The van der Waals surface area contributed by atoms with E-state index in [1.165, 1.54) is 11.1 Å². The van der Waals surface area contributed by atoms with Gasteiger partial charge in [-0.15, -0.1) is 0 Å². The molecule has 0 aliphatic carbocycles. The van der Waals surface area contributed by atoms with Crippen molar-refractivity contribution in [2.45, 2.75) is 45.6 Å². The summed E-state index contributed by atoms with van der Waals surface area (Å²) in [5.41, 5.74) is 4.84. The highest BCUT2D eigenvalue weighted by molar-refractivity contribution is 6.30. The average molecular weight is 433 g/mol. The molecule has 0 aliphatic heterocycles. The number of hydrogen-bond donors (Lipinski definition) is 0. The summed E-state index contributed by atoms with van der Waals surface area (Å²) in [6, 6.07) is 24.7. The van der Waals surface area contributed by atoms with Crippen LogP contribution in [0.5, 0.6) is 5.75 Å². The Hall–Kier alpha value is -2.78. The molecule has 0 saturated heterocycles. The van der Waals surface area contributed by atoms with Gasteiger partial charge in [-0.2, -0.15) is 0 Å². The van der Waals surface area contributed by atoms with Crippen LogP contribution >= 0.6 is 11.6 Å². The molecule has 0 aliphatic rings. The Kier molecular flexibility index (Phi) is 6.33. The van der Waals surface area contributed by atoms with Gasteiger partial charge in [-0.05, 0) is 60.2 Å². The third-order valence-electron chi connectivity index (χ3n) is 5.52. The van der Waals surface area contributed by atoms with Gasteiger partial charge in [0.05, 0.1) is 17.6 Å². The molecule has 0 atom stereocenters. The van der Waals surface area contributed by atoms with Crippen LogP contribution in [0.3, 0.4) is 0 Å². The van der Waals surface area contributed by atoms with Crippen LogP contribution < -0.4 is 4.74 Å². The second-order valence-electron chi connectivity index (χ2n) is 8.91. The first kappa shape index (κ1) is 21.5. The summed E-state index contributed by atoms with van der Waals surface area (Å²) in [4.78, 5) is 4.95. The van der Waals surface area contributed by atoms with Crippen LogP contribution in [0, 0.1) is 0 Å². The molecular weight excluding hydrogens is 404 g/mol. The topological polar surface area (TPSA) is 27.1 Å². The molecule has 0 fully saturated rings. The van der Waals surface area contributed by atoms with Gasteiger partial charge in [0.2, 0.25) is 0 Å². The zero-order valence-electron chi connectivity index (χ0n) is 18.4. The lowest BCUT2D eigenvalue weighted by Crippen LogP contribution is -2.10. The molecule has 0 radical (unpaired) electrons. The molecule has 31 heavy (non-hydrogen) atoms. The van der Waals surface area contributed by atoms with Crippen LogP contribution in [0.2, 0.25) is 5.02 Å². The second-order valence-corrected chi connectivity index (χ2v) is 9.35. The van der Waals surface area contributed by atoms with E-state index >= 15 is 0 Å². The molecule has 160 valence electrons. The first-order valence-electron chi connectivity index (χ1n) is 10.9. The molecule has 3 nitrogen and oxygen atoms in total. The number of nitrogens with zero attached hydrogens (tertiary/aromatic N) is 2. The van der Waals surface area contributed by atoms with E-state index in [-0.39, 0.29) is 5.41 Å². The predicted molar refractivity (Wildman–Crippen MR) is 130 cm³/mol. The van der Waals surface area contributed by atoms with Gasteiger partial charge < -0.3 is 9.30 Å². The van der Waals surface area contributed by atoms with Crippen LogP contribution in [0.4, 0.5) is 0 Å². The van der Waals surface area contributed by atoms with Crippen molar-refractivity contribution in [1.82, 2.24) is 9.55 Å². The monoisotopic (exact) mass is 432 g/mol. The molecule has 1 heterocycles. The molecule has 4 rings (SSSR count). The van der Waals surface area contributed by atoms with E-state index in [0.29, 0.717) is 6.61 Å². The van der Waals surface area contributed by atoms with Crippen molar-refractivity contribution in [3.05, 3.63) is 83.4 Å². The number of aryl methyl sites for hydroxylation is 1. The summed E-state index contributed by atoms with van der Waals surface area (Å²) >= 11 is 5.93. The number of unbranched alkanes of at least 4 members (excludes halogenated alkanes) is 1. The molecule has 4 heteroatoms. The first-order chi connectivity index (χ1) is 14.9. The van der Waals surface area contributed by atoms with Crippen LogP contribution in [0.15, 0.2) is 72.8 Å². The summed E-state index contributed by atoms with van der Waals surface area (Å²) in [6.07, 6.45) is 1.98. The summed E-state index contributed by atoms with van der Waals surface area (Å²) in [5, 5.41) is 0.724. The van der Waals surface area contributed by atoms with E-state index in [9.17, 15) is 0 Å². The molecule has 0 amide bonds. The molecule has 1 aromatic heterocycles. The summed E-state index contributed by atoms with van der Waals surface area (Å²) < 4.78 is 8.18. The third-order valence-corrected chi connectivity index (χ3v) is 5.77. The molecule has 0 spiro atoms. The minimum atomic E-state index is 0.142. The smallest absolute Gasteiger partial charge is 0.141 e. The van der Waals surface area contributed by atoms with Crippen molar-refractivity contribution in [2.24, 2.45) is 0 Å².